The molecule has 1 aromatic heterocycles. The Bertz CT molecular complexity index is 1100. The monoisotopic (exact) mass is 408 g/mol. The molecule has 156 valence electrons. The highest BCUT2D eigenvalue weighted by molar-refractivity contribution is 5.86. The van der Waals surface area contributed by atoms with Gasteiger partial charge in [0.2, 0.25) is 0 Å². The standard InChI is InChI=1S/C23H24N2O5/c1-2-24-8-10-25(11-9-24)22(28)15-29-17-12-18(26)23-19(27)14-20(30-21(23)13-17)16-6-4-3-5-7-16/h3-7,12-14,26H,2,8-11,15H2,1H3. The molecule has 1 saturated heterocycles. The van der Waals surface area contributed by atoms with Crippen LogP contribution in [0, 0.1) is 0 Å². The third-order valence-electron chi connectivity index (χ3n) is 5.38. The van der Waals surface area contributed by atoms with Gasteiger partial charge in [-0.15, -0.1) is 0 Å². The Kier molecular flexibility index (Phi) is 5.72. The fourth-order valence-corrected chi connectivity index (χ4v) is 3.62. The Morgan fingerprint density at radius 2 is 1.83 bits per heavy atom. The number of hydrogen-bond acceptors (Lipinski definition) is 6. The van der Waals surface area contributed by atoms with Crippen molar-refractivity contribution in [1.82, 2.24) is 9.80 Å². The van der Waals surface area contributed by atoms with Crippen LogP contribution in [0.5, 0.6) is 11.5 Å². The number of carbonyl (C=O) groups is 1. The lowest BCUT2D eigenvalue weighted by atomic mass is 10.1. The molecule has 3 aromatic rings. The second-order valence-electron chi connectivity index (χ2n) is 7.26. The summed E-state index contributed by atoms with van der Waals surface area (Å²) < 4.78 is 11.5. The molecule has 1 aliphatic rings. The van der Waals surface area contributed by atoms with Crippen LogP contribution in [0.15, 0.2) is 57.7 Å². The Balaban J connectivity index is 1.53. The molecule has 2 heterocycles. The summed E-state index contributed by atoms with van der Waals surface area (Å²) in [6.45, 7) is 6.00. The zero-order chi connectivity index (χ0) is 21.1. The highest BCUT2D eigenvalue weighted by Gasteiger charge is 2.21. The maximum absolute atomic E-state index is 12.5. The number of nitrogens with zero attached hydrogens (tertiary/aromatic N) is 2. The van der Waals surface area contributed by atoms with Crippen LogP contribution in [0.2, 0.25) is 0 Å². The summed E-state index contributed by atoms with van der Waals surface area (Å²) in [5.74, 6) is 0.327. The van der Waals surface area contributed by atoms with Crippen LogP contribution in [0.25, 0.3) is 22.3 Å². The largest absolute Gasteiger partial charge is 0.507 e. The first-order chi connectivity index (χ1) is 14.5. The van der Waals surface area contributed by atoms with E-state index < -0.39 is 0 Å². The molecule has 0 aliphatic carbocycles. The van der Waals surface area contributed by atoms with E-state index >= 15 is 0 Å². The Labute approximate surface area is 174 Å². The van der Waals surface area contributed by atoms with Gasteiger partial charge in [0.05, 0.1) is 0 Å². The zero-order valence-corrected chi connectivity index (χ0v) is 16.8. The molecule has 1 amide bonds. The molecule has 7 nitrogen and oxygen atoms in total. The summed E-state index contributed by atoms with van der Waals surface area (Å²) in [5, 5.41) is 10.4. The quantitative estimate of drug-likeness (QED) is 0.699. The van der Waals surface area contributed by atoms with E-state index in [1.54, 1.807) is 4.90 Å². The van der Waals surface area contributed by atoms with Crippen molar-refractivity contribution in [2.24, 2.45) is 0 Å². The van der Waals surface area contributed by atoms with E-state index in [9.17, 15) is 14.7 Å². The molecule has 0 radical (unpaired) electrons. The summed E-state index contributed by atoms with van der Waals surface area (Å²) in [6, 6.07) is 13.5. The minimum atomic E-state index is -0.343. The predicted molar refractivity (Wildman–Crippen MR) is 114 cm³/mol. The number of fused-ring (bicyclic) bond motifs is 1. The number of aromatic hydroxyl groups is 1. The average molecular weight is 408 g/mol. The number of amides is 1. The maximum atomic E-state index is 12.5. The van der Waals surface area contributed by atoms with Crippen molar-refractivity contribution in [3.8, 4) is 22.8 Å². The van der Waals surface area contributed by atoms with E-state index in [0.717, 1.165) is 25.2 Å². The van der Waals surface area contributed by atoms with E-state index in [-0.39, 0.29) is 40.4 Å². The van der Waals surface area contributed by atoms with Crippen LogP contribution in [0.1, 0.15) is 6.92 Å². The van der Waals surface area contributed by atoms with Crippen molar-refractivity contribution in [3.05, 3.63) is 58.8 Å². The van der Waals surface area contributed by atoms with Gasteiger partial charge in [0.25, 0.3) is 5.91 Å². The van der Waals surface area contributed by atoms with E-state index in [1.165, 1.54) is 18.2 Å². The van der Waals surface area contributed by atoms with Crippen molar-refractivity contribution in [2.45, 2.75) is 6.92 Å². The smallest absolute Gasteiger partial charge is 0.260 e. The SMILES string of the molecule is CCN1CCN(C(=O)COc2cc(O)c3c(=O)cc(-c4ccccc4)oc3c2)CC1. The van der Waals surface area contributed by atoms with Crippen LogP contribution in [-0.4, -0.2) is 60.1 Å². The minimum Gasteiger partial charge on any atom is -0.507 e. The highest BCUT2D eigenvalue weighted by atomic mass is 16.5. The predicted octanol–water partition coefficient (Wildman–Crippen LogP) is 2.71. The van der Waals surface area contributed by atoms with Crippen LogP contribution < -0.4 is 10.2 Å². The molecule has 1 fully saturated rings. The zero-order valence-electron chi connectivity index (χ0n) is 16.8. The van der Waals surface area contributed by atoms with Gasteiger partial charge in [0.15, 0.2) is 12.0 Å². The van der Waals surface area contributed by atoms with Gasteiger partial charge in [0.1, 0.15) is 28.2 Å². The molecule has 2 aromatic carbocycles. The third kappa shape index (κ3) is 4.16. The number of likely N-dealkylation sites (N-methyl/N-ethyl adjacent to an activating group) is 1. The second kappa shape index (κ2) is 8.59. The minimum absolute atomic E-state index is 0.0871. The van der Waals surface area contributed by atoms with E-state index in [1.807, 2.05) is 30.3 Å². The number of rotatable bonds is 5. The van der Waals surface area contributed by atoms with Gasteiger partial charge < -0.3 is 24.1 Å². The summed E-state index contributed by atoms with van der Waals surface area (Å²) in [6.07, 6.45) is 0. The molecule has 0 unspecified atom stereocenters. The summed E-state index contributed by atoms with van der Waals surface area (Å²) in [7, 11) is 0. The number of carbonyl (C=O) groups excluding carboxylic acids is 1. The lowest BCUT2D eigenvalue weighted by Crippen LogP contribution is -2.49. The van der Waals surface area contributed by atoms with Gasteiger partial charge in [-0.2, -0.15) is 0 Å². The lowest BCUT2D eigenvalue weighted by molar-refractivity contribution is -0.135. The molecule has 7 heteroatoms. The van der Waals surface area contributed by atoms with Gasteiger partial charge in [-0.05, 0) is 6.54 Å². The summed E-state index contributed by atoms with van der Waals surface area (Å²) >= 11 is 0. The number of phenolic OH excluding ortho intramolecular Hbond substituents is 1. The molecular weight excluding hydrogens is 384 g/mol. The molecule has 0 bridgehead atoms. The van der Waals surface area contributed by atoms with Gasteiger partial charge in [-0.3, -0.25) is 9.59 Å². The van der Waals surface area contributed by atoms with Crippen molar-refractivity contribution in [2.75, 3.05) is 39.3 Å². The van der Waals surface area contributed by atoms with E-state index in [4.69, 9.17) is 9.15 Å². The molecule has 0 saturated carbocycles. The maximum Gasteiger partial charge on any atom is 0.260 e. The molecule has 4 rings (SSSR count). The van der Waals surface area contributed by atoms with Crippen LogP contribution in [0.3, 0.4) is 0 Å². The van der Waals surface area contributed by atoms with Gasteiger partial charge in [0, 0.05) is 49.9 Å². The Morgan fingerprint density at radius 3 is 2.53 bits per heavy atom. The third-order valence-corrected chi connectivity index (χ3v) is 5.38. The first-order valence-electron chi connectivity index (χ1n) is 10.0. The molecule has 30 heavy (non-hydrogen) atoms. The second-order valence-corrected chi connectivity index (χ2v) is 7.26. The molecule has 0 spiro atoms. The molecule has 1 aliphatic heterocycles. The number of phenols is 1. The van der Waals surface area contributed by atoms with Crippen molar-refractivity contribution in [3.63, 3.8) is 0 Å². The lowest BCUT2D eigenvalue weighted by Gasteiger charge is -2.33. The fraction of sp³-hybridized carbons (Fsp3) is 0.304. The van der Waals surface area contributed by atoms with Crippen molar-refractivity contribution in [1.29, 1.82) is 0 Å². The van der Waals surface area contributed by atoms with E-state index in [2.05, 4.69) is 11.8 Å². The number of ether oxygens (including phenoxy) is 1. The molecule has 0 atom stereocenters. The van der Waals surface area contributed by atoms with Crippen molar-refractivity contribution >= 4 is 16.9 Å². The molecule has 1 N–H and O–H groups in total. The average Bonchev–Trinajstić information content (AvgIpc) is 2.77. The van der Waals surface area contributed by atoms with Crippen molar-refractivity contribution < 1.29 is 19.1 Å². The number of piperazine rings is 1. The Hall–Kier alpha value is -3.32. The molecular formula is C23H24N2O5. The fourth-order valence-electron chi connectivity index (χ4n) is 3.62. The first-order valence-corrected chi connectivity index (χ1v) is 10.0. The first kappa shape index (κ1) is 20.0. The van der Waals surface area contributed by atoms with Crippen LogP contribution in [-0.2, 0) is 4.79 Å². The highest BCUT2D eigenvalue weighted by Crippen LogP contribution is 2.31. The summed E-state index contributed by atoms with van der Waals surface area (Å²) in [5.41, 5.74) is 0.619. The van der Waals surface area contributed by atoms with Gasteiger partial charge >= 0.3 is 0 Å². The normalized spacial score (nSPS) is 14.8. The number of hydrogen-bond donors (Lipinski definition) is 1. The topological polar surface area (TPSA) is 83.2 Å². The van der Waals surface area contributed by atoms with Crippen LogP contribution in [0.4, 0.5) is 0 Å². The Morgan fingerprint density at radius 1 is 1.10 bits per heavy atom. The summed E-state index contributed by atoms with van der Waals surface area (Å²) in [4.78, 5) is 29.0. The van der Waals surface area contributed by atoms with Gasteiger partial charge in [-0.1, -0.05) is 37.3 Å². The van der Waals surface area contributed by atoms with Crippen LogP contribution >= 0.6 is 0 Å². The van der Waals surface area contributed by atoms with E-state index in [0.29, 0.717) is 18.8 Å². The van der Waals surface area contributed by atoms with Gasteiger partial charge in [-0.25, -0.2) is 0 Å². The number of benzene rings is 2.